The van der Waals surface area contributed by atoms with Gasteiger partial charge < -0.3 is 8.98 Å². The van der Waals surface area contributed by atoms with Crippen LogP contribution in [0.3, 0.4) is 0 Å². The van der Waals surface area contributed by atoms with Crippen LogP contribution >= 0.6 is 11.3 Å². The summed E-state index contributed by atoms with van der Waals surface area (Å²) in [4.78, 5) is 15.6. The first-order valence-corrected chi connectivity index (χ1v) is 17.8. The summed E-state index contributed by atoms with van der Waals surface area (Å²) in [5.74, 6) is 1.81. The molecule has 4 aromatic heterocycles. The number of nitrogens with zero attached hydrogens (tertiary/aromatic N) is 4. The molecular weight excluding hydrogens is 645 g/mol. The van der Waals surface area contributed by atoms with E-state index >= 15 is 0 Å². The van der Waals surface area contributed by atoms with Gasteiger partial charge in [0.25, 0.3) is 0 Å². The molecule has 0 amide bonds. The Balaban J connectivity index is 1.14. The molecule has 11 rings (SSSR count). The largest absolute Gasteiger partial charge is 0.455 e. The predicted molar refractivity (Wildman–Crippen MR) is 211 cm³/mol. The minimum atomic E-state index is 0.572. The highest BCUT2D eigenvalue weighted by molar-refractivity contribution is 7.25. The molecule has 0 radical (unpaired) electrons. The van der Waals surface area contributed by atoms with E-state index in [-0.39, 0.29) is 0 Å². The van der Waals surface area contributed by atoms with Gasteiger partial charge >= 0.3 is 0 Å². The van der Waals surface area contributed by atoms with Crippen molar-refractivity contribution in [3.8, 4) is 39.9 Å². The molecule has 51 heavy (non-hydrogen) atoms. The first kappa shape index (κ1) is 28.2. The van der Waals surface area contributed by atoms with Gasteiger partial charge in [0.2, 0.25) is 0 Å². The maximum Gasteiger partial charge on any atom is 0.167 e. The van der Waals surface area contributed by atoms with Crippen LogP contribution < -0.4 is 0 Å². The summed E-state index contributed by atoms with van der Waals surface area (Å²) in [7, 11) is 0. The van der Waals surface area contributed by atoms with Gasteiger partial charge in [-0.15, -0.1) is 11.3 Å². The van der Waals surface area contributed by atoms with E-state index in [4.69, 9.17) is 19.4 Å². The highest BCUT2D eigenvalue weighted by atomic mass is 32.1. The highest BCUT2D eigenvalue weighted by Gasteiger charge is 2.20. The van der Waals surface area contributed by atoms with Crippen LogP contribution in [-0.4, -0.2) is 19.5 Å². The van der Waals surface area contributed by atoms with Crippen LogP contribution in [-0.2, 0) is 0 Å². The predicted octanol–water partition coefficient (Wildman–Crippen LogP) is 12.2. The molecule has 0 aliphatic rings. The summed E-state index contributed by atoms with van der Waals surface area (Å²) in [5.41, 5.74) is 7.74. The fourth-order valence-electron chi connectivity index (χ4n) is 7.59. The molecule has 0 spiro atoms. The van der Waals surface area contributed by atoms with Crippen LogP contribution in [0.15, 0.2) is 162 Å². The number of benzene rings is 7. The summed E-state index contributed by atoms with van der Waals surface area (Å²) in [6.45, 7) is 0. The van der Waals surface area contributed by atoms with Crippen LogP contribution in [0.2, 0.25) is 0 Å². The fraction of sp³-hybridized carbons (Fsp3) is 0. The summed E-state index contributed by atoms with van der Waals surface area (Å²) < 4.78 is 11.2. The minimum absolute atomic E-state index is 0.572. The van der Waals surface area contributed by atoms with Crippen molar-refractivity contribution < 1.29 is 4.42 Å². The van der Waals surface area contributed by atoms with E-state index in [9.17, 15) is 0 Å². The van der Waals surface area contributed by atoms with Crippen molar-refractivity contribution in [2.24, 2.45) is 0 Å². The number of para-hydroxylation sites is 4. The first-order valence-electron chi connectivity index (χ1n) is 16.9. The smallest absolute Gasteiger partial charge is 0.167 e. The van der Waals surface area contributed by atoms with Crippen LogP contribution in [0.4, 0.5) is 0 Å². The molecule has 4 heterocycles. The number of hydrogen-bond acceptors (Lipinski definition) is 5. The van der Waals surface area contributed by atoms with E-state index in [2.05, 4.69) is 138 Å². The second kappa shape index (κ2) is 10.9. The average Bonchev–Trinajstić information content (AvgIpc) is 3.87. The van der Waals surface area contributed by atoms with Gasteiger partial charge in [-0.1, -0.05) is 97.1 Å². The standard InChI is InChI=1S/C45H26N4OS/c1-5-18-36-29(11-1)30-12-2-6-19-37(30)49(36)28-25-23-27(24-26-28)43-46-44(34-16-10-22-40-41(34)33-14-4-8-21-39(33)51-40)48-45(47-43)35-17-9-15-32-31-13-3-7-20-38(31)50-42(32)35/h1-26H. The SMILES string of the molecule is c1ccc2c(c1)oc1c(-c3nc(-c4ccc(-n5c6ccccc6c6ccccc65)cc4)nc(-c4cccc5sc6ccccc6c45)n3)cccc12. The number of fused-ring (bicyclic) bond motifs is 9. The normalized spacial score (nSPS) is 11.9. The Morgan fingerprint density at radius 3 is 1.78 bits per heavy atom. The third kappa shape index (κ3) is 4.30. The molecule has 7 aromatic carbocycles. The fourth-order valence-corrected chi connectivity index (χ4v) is 8.72. The van der Waals surface area contributed by atoms with Gasteiger partial charge in [-0.2, -0.15) is 0 Å². The Kier molecular flexibility index (Phi) is 6.05. The molecule has 238 valence electrons. The zero-order chi connectivity index (χ0) is 33.5. The van der Waals surface area contributed by atoms with Gasteiger partial charge in [0.05, 0.1) is 16.6 Å². The number of hydrogen-bond donors (Lipinski definition) is 0. The number of rotatable bonds is 4. The maximum absolute atomic E-state index is 6.47. The van der Waals surface area contributed by atoms with Gasteiger partial charge in [0, 0.05) is 58.5 Å². The molecule has 6 heteroatoms. The second-order valence-corrected chi connectivity index (χ2v) is 13.9. The quantitative estimate of drug-likeness (QED) is 0.187. The van der Waals surface area contributed by atoms with Gasteiger partial charge in [0.1, 0.15) is 11.2 Å². The molecular formula is C45H26N4OS. The topological polar surface area (TPSA) is 56.7 Å². The Hall–Kier alpha value is -6.63. The molecule has 0 atom stereocenters. The lowest BCUT2D eigenvalue weighted by molar-refractivity contribution is 0.669. The third-order valence-corrected chi connectivity index (χ3v) is 11.0. The van der Waals surface area contributed by atoms with Crippen LogP contribution in [0.1, 0.15) is 0 Å². The lowest BCUT2D eigenvalue weighted by Crippen LogP contribution is -2.01. The minimum Gasteiger partial charge on any atom is -0.455 e. The van der Waals surface area contributed by atoms with Gasteiger partial charge in [-0.25, -0.2) is 15.0 Å². The lowest BCUT2D eigenvalue weighted by Gasteiger charge is -2.11. The molecule has 0 N–H and O–H groups in total. The molecule has 0 saturated heterocycles. The van der Waals surface area contributed by atoms with E-state index < -0.39 is 0 Å². The van der Waals surface area contributed by atoms with E-state index in [1.165, 1.54) is 36.6 Å². The van der Waals surface area contributed by atoms with Crippen molar-refractivity contribution in [2.75, 3.05) is 0 Å². The Morgan fingerprint density at radius 1 is 0.431 bits per heavy atom. The molecule has 5 nitrogen and oxygen atoms in total. The van der Waals surface area contributed by atoms with E-state index in [1.807, 2.05) is 24.3 Å². The molecule has 0 fully saturated rings. The summed E-state index contributed by atoms with van der Waals surface area (Å²) in [6.07, 6.45) is 0. The van der Waals surface area contributed by atoms with Gasteiger partial charge in [-0.3, -0.25) is 0 Å². The van der Waals surface area contributed by atoms with E-state index in [0.29, 0.717) is 17.5 Å². The average molecular weight is 671 g/mol. The molecule has 0 unspecified atom stereocenters. The Bertz CT molecular complexity index is 3100. The van der Waals surface area contributed by atoms with Crippen LogP contribution in [0.25, 0.3) is 104 Å². The van der Waals surface area contributed by atoms with Crippen molar-refractivity contribution >= 4 is 75.3 Å². The van der Waals surface area contributed by atoms with Crippen molar-refractivity contribution in [1.29, 1.82) is 0 Å². The molecule has 11 aromatic rings. The van der Waals surface area contributed by atoms with Crippen molar-refractivity contribution in [1.82, 2.24) is 19.5 Å². The Morgan fingerprint density at radius 2 is 1.00 bits per heavy atom. The molecule has 0 bridgehead atoms. The van der Waals surface area contributed by atoms with Crippen molar-refractivity contribution in [3.63, 3.8) is 0 Å². The molecule has 0 saturated carbocycles. The number of thiophene rings is 1. The molecule has 0 aliphatic carbocycles. The van der Waals surface area contributed by atoms with E-state index in [1.54, 1.807) is 11.3 Å². The monoisotopic (exact) mass is 670 g/mol. The first-order chi connectivity index (χ1) is 25.3. The van der Waals surface area contributed by atoms with E-state index in [0.717, 1.165) is 49.7 Å². The second-order valence-electron chi connectivity index (χ2n) is 12.8. The summed E-state index contributed by atoms with van der Waals surface area (Å²) in [6, 6.07) is 54.9. The zero-order valence-corrected chi connectivity index (χ0v) is 27.9. The zero-order valence-electron chi connectivity index (χ0n) is 27.1. The number of furan rings is 1. The molecule has 0 aliphatic heterocycles. The van der Waals surface area contributed by atoms with Crippen molar-refractivity contribution in [3.05, 3.63) is 158 Å². The number of aromatic nitrogens is 4. The van der Waals surface area contributed by atoms with Gasteiger partial charge in [0.15, 0.2) is 17.5 Å². The van der Waals surface area contributed by atoms with Crippen molar-refractivity contribution in [2.45, 2.75) is 0 Å². The summed E-state index contributed by atoms with van der Waals surface area (Å²) in [5, 5.41) is 6.93. The highest BCUT2D eigenvalue weighted by Crippen LogP contribution is 2.41. The maximum atomic E-state index is 6.47. The summed E-state index contributed by atoms with van der Waals surface area (Å²) >= 11 is 1.79. The lowest BCUT2D eigenvalue weighted by atomic mass is 10.0. The Labute approximate surface area is 295 Å². The third-order valence-electron chi connectivity index (χ3n) is 9.89. The van der Waals surface area contributed by atoms with Crippen LogP contribution in [0.5, 0.6) is 0 Å². The van der Waals surface area contributed by atoms with Gasteiger partial charge in [-0.05, 0) is 60.7 Å². The van der Waals surface area contributed by atoms with Crippen LogP contribution in [0, 0.1) is 0 Å².